The van der Waals surface area contributed by atoms with Crippen LogP contribution >= 0.6 is 0 Å². The summed E-state index contributed by atoms with van der Waals surface area (Å²) in [6.45, 7) is 7.37. The van der Waals surface area contributed by atoms with E-state index in [0.717, 1.165) is 5.76 Å². The molecule has 1 aromatic rings. The molecular formula is C10H14O2. The van der Waals surface area contributed by atoms with E-state index in [-0.39, 0.29) is 5.92 Å². The number of aryl methyl sites for hydroxylation is 1. The lowest BCUT2D eigenvalue weighted by molar-refractivity contribution is 0.113. The van der Waals surface area contributed by atoms with Gasteiger partial charge in [-0.1, -0.05) is 13.0 Å². The fraction of sp³-hybridized carbons (Fsp3) is 0.400. The van der Waals surface area contributed by atoms with Crippen LogP contribution in [0.25, 0.3) is 0 Å². The third-order valence-electron chi connectivity index (χ3n) is 1.92. The second kappa shape index (κ2) is 3.59. The van der Waals surface area contributed by atoms with E-state index in [4.69, 9.17) is 4.42 Å². The molecule has 1 N–H and O–H groups in total. The number of hydrogen-bond acceptors (Lipinski definition) is 2. The third kappa shape index (κ3) is 1.77. The summed E-state index contributed by atoms with van der Waals surface area (Å²) in [6, 6.07) is 3.63. The number of furan rings is 1. The van der Waals surface area contributed by atoms with Crippen LogP contribution in [0.1, 0.15) is 24.5 Å². The minimum Gasteiger partial charge on any atom is -0.464 e. The van der Waals surface area contributed by atoms with E-state index in [1.54, 1.807) is 12.1 Å². The maximum atomic E-state index is 9.64. The molecular weight excluding hydrogens is 152 g/mol. The molecule has 2 nitrogen and oxygen atoms in total. The van der Waals surface area contributed by atoms with E-state index in [1.165, 1.54) is 0 Å². The van der Waals surface area contributed by atoms with Crippen molar-refractivity contribution in [1.82, 2.24) is 0 Å². The molecule has 0 radical (unpaired) electrons. The van der Waals surface area contributed by atoms with E-state index in [0.29, 0.717) is 5.76 Å². The lowest BCUT2D eigenvalue weighted by Crippen LogP contribution is -2.04. The van der Waals surface area contributed by atoms with Crippen molar-refractivity contribution in [1.29, 1.82) is 0 Å². The van der Waals surface area contributed by atoms with Gasteiger partial charge in [-0.05, 0) is 19.1 Å². The zero-order valence-electron chi connectivity index (χ0n) is 7.45. The first-order valence-electron chi connectivity index (χ1n) is 4.02. The van der Waals surface area contributed by atoms with Crippen molar-refractivity contribution in [2.24, 2.45) is 5.92 Å². The maximum Gasteiger partial charge on any atom is 0.133 e. The SMILES string of the molecule is C=C[C@H](C)[C@H](O)c1ccc(C)o1. The molecule has 0 aliphatic heterocycles. The van der Waals surface area contributed by atoms with Crippen LogP contribution in [-0.2, 0) is 0 Å². The zero-order valence-corrected chi connectivity index (χ0v) is 7.45. The monoisotopic (exact) mass is 166 g/mol. The van der Waals surface area contributed by atoms with Crippen LogP contribution in [0, 0.1) is 12.8 Å². The standard InChI is InChI=1S/C10H14O2/c1-4-7(2)10(11)9-6-5-8(3)12-9/h4-7,10-11H,1H2,2-3H3/t7-,10-/m0/s1. The number of rotatable bonds is 3. The van der Waals surface area contributed by atoms with Gasteiger partial charge >= 0.3 is 0 Å². The van der Waals surface area contributed by atoms with Gasteiger partial charge < -0.3 is 9.52 Å². The summed E-state index contributed by atoms with van der Waals surface area (Å²) in [5.74, 6) is 1.45. The van der Waals surface area contributed by atoms with Gasteiger partial charge in [0.05, 0.1) is 0 Å². The molecule has 0 saturated carbocycles. The van der Waals surface area contributed by atoms with E-state index in [9.17, 15) is 5.11 Å². The molecule has 12 heavy (non-hydrogen) atoms. The quantitative estimate of drug-likeness (QED) is 0.699. The van der Waals surface area contributed by atoms with E-state index in [1.807, 2.05) is 19.9 Å². The predicted octanol–water partition coefficient (Wildman–Crippen LogP) is 2.44. The Morgan fingerprint density at radius 3 is 2.67 bits per heavy atom. The first kappa shape index (κ1) is 9.07. The summed E-state index contributed by atoms with van der Waals surface area (Å²) in [5.41, 5.74) is 0. The summed E-state index contributed by atoms with van der Waals surface area (Å²) in [4.78, 5) is 0. The van der Waals surface area contributed by atoms with Crippen LogP contribution in [0.3, 0.4) is 0 Å². The highest BCUT2D eigenvalue weighted by Crippen LogP contribution is 2.23. The first-order valence-corrected chi connectivity index (χ1v) is 4.02. The first-order chi connectivity index (χ1) is 5.65. The summed E-state index contributed by atoms with van der Waals surface area (Å²) in [5, 5.41) is 9.64. The number of aliphatic hydroxyl groups excluding tert-OH is 1. The molecule has 66 valence electrons. The minimum atomic E-state index is -0.573. The van der Waals surface area contributed by atoms with Crippen molar-refractivity contribution < 1.29 is 9.52 Å². The van der Waals surface area contributed by atoms with Gasteiger partial charge in [-0.25, -0.2) is 0 Å². The Bertz CT molecular complexity index is 263. The number of aliphatic hydroxyl groups is 1. The van der Waals surface area contributed by atoms with Gasteiger partial charge in [0.2, 0.25) is 0 Å². The van der Waals surface area contributed by atoms with Gasteiger partial charge in [-0.15, -0.1) is 6.58 Å². The molecule has 0 fully saturated rings. The normalized spacial score (nSPS) is 15.6. The lowest BCUT2D eigenvalue weighted by atomic mass is 10.0. The van der Waals surface area contributed by atoms with Gasteiger partial charge in [0.15, 0.2) is 0 Å². The Balaban J connectivity index is 2.77. The Labute approximate surface area is 72.5 Å². The summed E-state index contributed by atoms with van der Waals surface area (Å²) in [7, 11) is 0. The molecule has 0 aliphatic rings. The molecule has 0 bridgehead atoms. The van der Waals surface area contributed by atoms with Crippen LogP contribution in [0.15, 0.2) is 29.2 Å². The summed E-state index contributed by atoms with van der Waals surface area (Å²) >= 11 is 0. The smallest absolute Gasteiger partial charge is 0.133 e. The van der Waals surface area contributed by atoms with Gasteiger partial charge in [0.25, 0.3) is 0 Å². The highest BCUT2D eigenvalue weighted by atomic mass is 16.4. The average molecular weight is 166 g/mol. The largest absolute Gasteiger partial charge is 0.464 e. The van der Waals surface area contributed by atoms with Crippen molar-refractivity contribution in [3.8, 4) is 0 Å². The Morgan fingerprint density at radius 1 is 1.58 bits per heavy atom. The molecule has 0 saturated heterocycles. The van der Waals surface area contributed by atoms with Crippen LogP contribution in [0.2, 0.25) is 0 Å². The minimum absolute atomic E-state index is 0.0237. The molecule has 1 rings (SSSR count). The highest BCUT2D eigenvalue weighted by molar-refractivity contribution is 5.09. The Kier molecular flexibility index (Phi) is 2.71. The van der Waals surface area contributed by atoms with Gasteiger partial charge in [-0.2, -0.15) is 0 Å². The van der Waals surface area contributed by atoms with E-state index >= 15 is 0 Å². The van der Waals surface area contributed by atoms with E-state index < -0.39 is 6.10 Å². The summed E-state index contributed by atoms with van der Waals surface area (Å²) < 4.78 is 5.27. The van der Waals surface area contributed by atoms with E-state index in [2.05, 4.69) is 6.58 Å². The predicted molar refractivity (Wildman–Crippen MR) is 47.8 cm³/mol. The highest BCUT2D eigenvalue weighted by Gasteiger charge is 2.16. The van der Waals surface area contributed by atoms with Crippen LogP contribution in [0.4, 0.5) is 0 Å². The second-order valence-corrected chi connectivity index (χ2v) is 2.99. The summed E-state index contributed by atoms with van der Waals surface area (Å²) in [6.07, 6.45) is 1.14. The van der Waals surface area contributed by atoms with Crippen molar-refractivity contribution in [2.45, 2.75) is 20.0 Å². The number of hydrogen-bond donors (Lipinski definition) is 1. The fourth-order valence-electron chi connectivity index (χ4n) is 1.00. The van der Waals surface area contributed by atoms with Crippen molar-refractivity contribution in [3.05, 3.63) is 36.3 Å². The molecule has 2 heteroatoms. The molecule has 2 atom stereocenters. The van der Waals surface area contributed by atoms with Crippen LogP contribution in [-0.4, -0.2) is 5.11 Å². The molecule has 1 aromatic heterocycles. The average Bonchev–Trinajstić information content (AvgIpc) is 2.49. The van der Waals surface area contributed by atoms with Gasteiger partial charge in [0.1, 0.15) is 17.6 Å². The molecule has 0 aromatic carbocycles. The topological polar surface area (TPSA) is 33.4 Å². The van der Waals surface area contributed by atoms with Gasteiger partial charge in [-0.3, -0.25) is 0 Å². The molecule has 1 heterocycles. The second-order valence-electron chi connectivity index (χ2n) is 2.99. The fourth-order valence-corrected chi connectivity index (χ4v) is 1.00. The van der Waals surface area contributed by atoms with Crippen LogP contribution in [0.5, 0.6) is 0 Å². The molecule has 0 unspecified atom stereocenters. The lowest BCUT2D eigenvalue weighted by Gasteiger charge is -2.11. The van der Waals surface area contributed by atoms with Crippen molar-refractivity contribution >= 4 is 0 Å². The molecule has 0 spiro atoms. The van der Waals surface area contributed by atoms with Crippen molar-refractivity contribution in [2.75, 3.05) is 0 Å². The Morgan fingerprint density at radius 2 is 2.25 bits per heavy atom. The van der Waals surface area contributed by atoms with Crippen molar-refractivity contribution in [3.63, 3.8) is 0 Å². The Hall–Kier alpha value is -1.02. The maximum absolute atomic E-state index is 9.64. The molecule has 0 amide bonds. The van der Waals surface area contributed by atoms with Crippen LogP contribution < -0.4 is 0 Å². The molecule has 0 aliphatic carbocycles. The third-order valence-corrected chi connectivity index (χ3v) is 1.92. The van der Waals surface area contributed by atoms with Gasteiger partial charge in [0, 0.05) is 5.92 Å². The zero-order chi connectivity index (χ0) is 9.14.